The Kier molecular flexibility index (Phi) is 62.7. The molecule has 0 heterocycles. The van der Waals surface area contributed by atoms with Gasteiger partial charge in [0.15, 0.2) is 0 Å². The molecule has 1 radical (unpaired) electrons. The van der Waals surface area contributed by atoms with Gasteiger partial charge in [-0.2, -0.15) is 0 Å². The van der Waals surface area contributed by atoms with Crippen LogP contribution in [-0.2, 0) is 25.3 Å². The number of rotatable bonds is 0. The summed E-state index contributed by atoms with van der Waals surface area (Å²) in [5.41, 5.74) is 0. The van der Waals surface area contributed by atoms with Gasteiger partial charge < -0.3 is 25.3 Å². The number of hydrogen-bond donors (Lipinski definition) is 0. The topological polar surface area (TPSA) is 47.6 Å². The molecule has 0 aromatic heterocycles. The maximum atomic E-state index is 7.13. The van der Waals surface area contributed by atoms with Gasteiger partial charge in [-0.25, -0.2) is 10.5 Å². The van der Waals surface area contributed by atoms with Crippen LogP contribution < -0.4 is 0 Å². The van der Waals surface area contributed by atoms with Crippen molar-refractivity contribution in [2.24, 2.45) is 0 Å². The quantitative estimate of drug-likeness (QED) is 0.459. The molecule has 0 saturated heterocycles. The molecule has 0 aliphatic heterocycles. The number of thiocyanates is 2. The third-order valence-corrected chi connectivity index (χ3v) is 0. The van der Waals surface area contributed by atoms with Gasteiger partial charge in [0.1, 0.15) is 0 Å². The van der Waals surface area contributed by atoms with Crippen LogP contribution in [0.4, 0.5) is 0 Å². The van der Waals surface area contributed by atoms with E-state index in [4.69, 9.17) is 10.5 Å². The fourth-order valence-electron chi connectivity index (χ4n) is 0. The molecular formula is C2EuN2S2. The Hall–Kier alpha value is 1.00. The Balaban J connectivity index is -0.0000000400. The van der Waals surface area contributed by atoms with E-state index in [1.807, 2.05) is 0 Å². The summed E-state index contributed by atoms with van der Waals surface area (Å²) in [6, 6.07) is 0. The molecule has 0 saturated carbocycles. The summed E-state index contributed by atoms with van der Waals surface area (Å²) in [5.74, 6) is 0. The Labute approximate surface area is 94.2 Å². The molecule has 0 aromatic carbocycles. The van der Waals surface area contributed by atoms with Crippen LogP contribution in [-0.4, -0.2) is 0 Å². The zero-order valence-electron chi connectivity index (χ0n) is 3.09. The van der Waals surface area contributed by atoms with Gasteiger partial charge in [-0.05, 0) is 0 Å². The average Bonchev–Trinajstić information content (AvgIpc) is 1.39. The van der Waals surface area contributed by atoms with E-state index >= 15 is 0 Å². The molecule has 0 spiro atoms. The van der Waals surface area contributed by atoms with E-state index in [0.717, 1.165) is 0 Å². The van der Waals surface area contributed by atoms with E-state index in [0.29, 0.717) is 0 Å². The van der Waals surface area contributed by atoms with E-state index in [-0.39, 0.29) is 49.4 Å². The summed E-state index contributed by atoms with van der Waals surface area (Å²) >= 11 is 7.40. The Morgan fingerprint density at radius 3 is 1.00 bits per heavy atom. The molecule has 0 atom stereocenters. The van der Waals surface area contributed by atoms with Gasteiger partial charge in [-0.3, -0.25) is 0 Å². The Morgan fingerprint density at radius 2 is 1.00 bits per heavy atom. The standard InChI is InChI=1S/2CHNS.Eu/c2*2-1-3;/h2*3H;/q;;+2/p-2. The van der Waals surface area contributed by atoms with Gasteiger partial charge in [0.25, 0.3) is 0 Å². The van der Waals surface area contributed by atoms with Crippen LogP contribution in [0.2, 0.25) is 0 Å². The molecule has 2 nitrogen and oxygen atoms in total. The van der Waals surface area contributed by atoms with E-state index in [1.54, 1.807) is 0 Å². The molecule has 0 fully saturated rings. The minimum Gasteiger partial charge on any atom is -0.696 e. The van der Waals surface area contributed by atoms with Crippen LogP contribution in [0, 0.1) is 70.7 Å². The SMILES string of the molecule is N#C[S-].N#C[S-].[Eu+2]. The molecule has 0 aromatic rings. The van der Waals surface area contributed by atoms with Crippen LogP contribution in [0.5, 0.6) is 0 Å². The van der Waals surface area contributed by atoms with Crippen molar-refractivity contribution in [3.63, 3.8) is 0 Å². The fraction of sp³-hybridized carbons (Fsp3) is 0. The minimum absolute atomic E-state index is 0. The fourth-order valence-corrected chi connectivity index (χ4v) is 0. The average molecular weight is 268 g/mol. The molecule has 0 bridgehead atoms. The van der Waals surface area contributed by atoms with E-state index < -0.39 is 0 Å². The maximum absolute atomic E-state index is 7.13. The second kappa shape index (κ2) is 28.0. The van der Waals surface area contributed by atoms with E-state index in [9.17, 15) is 0 Å². The molecule has 0 N–H and O–H groups in total. The third kappa shape index (κ3) is 174. The number of nitriles is 2. The predicted octanol–water partition coefficient (Wildman–Crippen LogP) is 0.0288. The van der Waals surface area contributed by atoms with Gasteiger partial charge in [0.05, 0.1) is 0 Å². The summed E-state index contributed by atoms with van der Waals surface area (Å²) in [7, 11) is 0. The van der Waals surface area contributed by atoms with Crippen LogP contribution in [0.1, 0.15) is 0 Å². The normalized spacial score (nSPS) is 2.00. The van der Waals surface area contributed by atoms with E-state index in [1.165, 1.54) is 10.8 Å². The van der Waals surface area contributed by atoms with Crippen LogP contribution in [0.15, 0.2) is 0 Å². The van der Waals surface area contributed by atoms with Crippen molar-refractivity contribution in [3.8, 4) is 10.8 Å². The zero-order valence-corrected chi connectivity index (χ0v) is 7.15. The first-order valence-corrected chi connectivity index (χ1v) is 1.67. The van der Waals surface area contributed by atoms with Crippen LogP contribution in [0.25, 0.3) is 0 Å². The summed E-state index contributed by atoms with van der Waals surface area (Å²) < 4.78 is 0. The van der Waals surface area contributed by atoms with E-state index in [2.05, 4.69) is 25.3 Å². The number of hydrogen-bond acceptors (Lipinski definition) is 4. The third-order valence-electron chi connectivity index (χ3n) is 0. The van der Waals surface area contributed by atoms with Crippen molar-refractivity contribution in [2.75, 3.05) is 0 Å². The number of nitrogens with zero attached hydrogens (tertiary/aromatic N) is 2. The minimum atomic E-state index is 0. The van der Waals surface area contributed by atoms with Crippen molar-refractivity contribution in [1.29, 1.82) is 10.5 Å². The second-order valence-electron chi connectivity index (χ2n) is 0.183. The molecular weight excluding hydrogens is 268 g/mol. The van der Waals surface area contributed by atoms with Gasteiger partial charge in [-0.15, -0.1) is 0 Å². The summed E-state index contributed by atoms with van der Waals surface area (Å²) in [4.78, 5) is 0. The first kappa shape index (κ1) is 15.7. The predicted molar refractivity (Wildman–Crippen MR) is 26.0 cm³/mol. The van der Waals surface area contributed by atoms with Crippen molar-refractivity contribution in [1.82, 2.24) is 0 Å². The largest absolute Gasteiger partial charge is 2.00 e. The molecule has 0 rings (SSSR count). The molecule has 0 amide bonds. The molecule has 5 heteroatoms. The van der Waals surface area contributed by atoms with Crippen LogP contribution in [0.3, 0.4) is 0 Å². The van der Waals surface area contributed by atoms with Crippen molar-refractivity contribution < 1.29 is 49.4 Å². The van der Waals surface area contributed by atoms with Gasteiger partial charge >= 0.3 is 49.4 Å². The van der Waals surface area contributed by atoms with Crippen molar-refractivity contribution in [2.45, 2.75) is 0 Å². The molecule has 0 aliphatic rings. The second-order valence-corrected chi connectivity index (χ2v) is 0.548. The monoisotopic (exact) mass is 269 g/mol. The molecule has 37 valence electrons. The van der Waals surface area contributed by atoms with Crippen LogP contribution >= 0.6 is 0 Å². The summed E-state index contributed by atoms with van der Waals surface area (Å²) in [6.45, 7) is 0. The van der Waals surface area contributed by atoms with Gasteiger partial charge in [-0.1, -0.05) is 10.8 Å². The first-order valence-electron chi connectivity index (χ1n) is 0.855. The zero-order chi connectivity index (χ0) is 5.41. The van der Waals surface area contributed by atoms with Crippen molar-refractivity contribution >= 4 is 25.3 Å². The maximum Gasteiger partial charge on any atom is 2.00 e. The molecule has 0 unspecified atom stereocenters. The summed E-state index contributed by atoms with van der Waals surface area (Å²) in [6.07, 6.45) is 0. The molecule has 7 heavy (non-hydrogen) atoms. The Bertz CT molecular complexity index is 68.7. The van der Waals surface area contributed by atoms with Gasteiger partial charge in [0, 0.05) is 0 Å². The van der Waals surface area contributed by atoms with Gasteiger partial charge in [0.2, 0.25) is 0 Å². The smallest absolute Gasteiger partial charge is 0.696 e. The molecule has 0 aliphatic carbocycles. The Morgan fingerprint density at radius 1 is 1.00 bits per heavy atom. The first-order chi connectivity index (χ1) is 2.83. The summed E-state index contributed by atoms with van der Waals surface area (Å²) in [5, 5.41) is 16.9. The van der Waals surface area contributed by atoms with Crippen molar-refractivity contribution in [3.05, 3.63) is 0 Å².